The van der Waals surface area contributed by atoms with Crippen molar-refractivity contribution in [3.05, 3.63) is 41.2 Å². The number of nitrogens with zero attached hydrogens (tertiary/aromatic N) is 2. The van der Waals surface area contributed by atoms with E-state index < -0.39 is 0 Å². The normalized spacial score (nSPS) is 15.9. The fraction of sp³-hybridized carbons (Fsp3) is 0.412. The van der Waals surface area contributed by atoms with Crippen molar-refractivity contribution in [2.75, 3.05) is 6.61 Å². The maximum absolute atomic E-state index is 12.1. The molecule has 1 aromatic heterocycles. The molecule has 0 fully saturated rings. The largest absolute Gasteiger partial charge is 0.494 e. The van der Waals surface area contributed by atoms with Crippen LogP contribution in [0.2, 0.25) is 0 Å². The van der Waals surface area contributed by atoms with Gasteiger partial charge in [0.05, 0.1) is 18.4 Å². The zero-order chi connectivity index (χ0) is 16.4. The van der Waals surface area contributed by atoms with Crippen LogP contribution in [0.25, 0.3) is 0 Å². The molecular formula is C17H21N3O3. The van der Waals surface area contributed by atoms with Gasteiger partial charge in [-0.05, 0) is 26.0 Å². The predicted octanol–water partition coefficient (Wildman–Crippen LogP) is 2.07. The monoisotopic (exact) mass is 315 g/mol. The average molecular weight is 315 g/mol. The van der Waals surface area contributed by atoms with E-state index in [0.29, 0.717) is 18.7 Å². The van der Waals surface area contributed by atoms with Crippen molar-refractivity contribution in [3.63, 3.8) is 0 Å². The van der Waals surface area contributed by atoms with E-state index >= 15 is 0 Å². The number of hydrogen-bond acceptors (Lipinski definition) is 4. The number of rotatable bonds is 5. The van der Waals surface area contributed by atoms with Gasteiger partial charge in [-0.15, -0.1) is 0 Å². The second-order valence-corrected chi connectivity index (χ2v) is 5.72. The van der Waals surface area contributed by atoms with E-state index in [0.717, 1.165) is 29.0 Å². The second kappa shape index (κ2) is 6.32. The van der Waals surface area contributed by atoms with Crippen LogP contribution in [0.4, 0.5) is 0 Å². The highest BCUT2D eigenvalue weighted by Crippen LogP contribution is 2.35. The number of benzene rings is 1. The number of aryl methyl sites for hydroxylation is 1. The summed E-state index contributed by atoms with van der Waals surface area (Å²) in [6.45, 7) is 4.96. The minimum absolute atomic E-state index is 0.157. The van der Waals surface area contributed by atoms with Crippen LogP contribution in [-0.4, -0.2) is 28.4 Å². The molecule has 1 aliphatic heterocycles. The first-order valence-corrected chi connectivity index (χ1v) is 7.79. The first-order valence-electron chi connectivity index (χ1n) is 7.79. The van der Waals surface area contributed by atoms with Crippen LogP contribution in [0.3, 0.4) is 0 Å². The Morgan fingerprint density at radius 3 is 3.04 bits per heavy atom. The summed E-state index contributed by atoms with van der Waals surface area (Å²) in [5, 5.41) is 6.91. The van der Waals surface area contributed by atoms with E-state index in [1.54, 1.807) is 24.1 Å². The maximum Gasteiger partial charge on any atom is 0.254 e. The van der Waals surface area contributed by atoms with Crippen LogP contribution in [-0.2, 0) is 20.0 Å². The van der Waals surface area contributed by atoms with E-state index in [-0.39, 0.29) is 12.0 Å². The number of carbonyl (C=O) groups excluding carboxylic acids is 1. The lowest BCUT2D eigenvalue weighted by Crippen LogP contribution is -2.22. The number of fused-ring (bicyclic) bond motifs is 1. The van der Waals surface area contributed by atoms with Crippen LogP contribution in [0.1, 0.15) is 35.3 Å². The van der Waals surface area contributed by atoms with E-state index in [4.69, 9.17) is 9.47 Å². The van der Waals surface area contributed by atoms with Crippen LogP contribution < -0.4 is 14.8 Å². The quantitative estimate of drug-likeness (QED) is 0.917. The molecule has 1 N–H and O–H groups in total. The molecule has 1 aliphatic rings. The first kappa shape index (κ1) is 15.4. The molecule has 2 heterocycles. The molecule has 1 atom stereocenters. The van der Waals surface area contributed by atoms with E-state index in [9.17, 15) is 4.79 Å². The summed E-state index contributed by atoms with van der Waals surface area (Å²) in [6, 6.07) is 3.99. The molecular weight excluding hydrogens is 294 g/mol. The second-order valence-electron chi connectivity index (χ2n) is 5.72. The number of hydrogen-bond donors (Lipinski definition) is 1. The summed E-state index contributed by atoms with van der Waals surface area (Å²) in [4.78, 5) is 12.1. The lowest BCUT2D eigenvalue weighted by atomic mass is 10.1. The molecule has 0 bridgehead atoms. The summed E-state index contributed by atoms with van der Waals surface area (Å²) in [5.74, 6) is 1.53. The van der Waals surface area contributed by atoms with Crippen molar-refractivity contribution < 1.29 is 14.3 Å². The summed E-state index contributed by atoms with van der Waals surface area (Å²) in [5.41, 5.74) is 2.61. The molecule has 122 valence electrons. The molecule has 0 aliphatic carbocycles. The molecule has 0 spiro atoms. The Morgan fingerprint density at radius 2 is 2.35 bits per heavy atom. The highest BCUT2D eigenvalue weighted by Gasteiger charge is 2.22. The summed E-state index contributed by atoms with van der Waals surface area (Å²) < 4.78 is 13.1. The van der Waals surface area contributed by atoms with Crippen LogP contribution in [0.15, 0.2) is 24.5 Å². The van der Waals surface area contributed by atoms with Crippen molar-refractivity contribution >= 4 is 5.91 Å². The molecule has 2 aromatic rings. The van der Waals surface area contributed by atoms with Gasteiger partial charge >= 0.3 is 0 Å². The Bertz CT molecular complexity index is 724. The van der Waals surface area contributed by atoms with Gasteiger partial charge in [0.25, 0.3) is 5.91 Å². The van der Waals surface area contributed by atoms with Gasteiger partial charge in [0, 0.05) is 37.3 Å². The van der Waals surface area contributed by atoms with E-state index in [2.05, 4.69) is 10.4 Å². The number of nitrogens with one attached hydrogen (secondary N) is 1. The SMILES string of the molecule is CCOc1cc2c(cc1CNC(=O)c1cnn(C)c1)O[C@@H](C)C2. The Labute approximate surface area is 135 Å². The van der Waals surface area contributed by atoms with Gasteiger partial charge in [-0.2, -0.15) is 5.10 Å². The molecule has 1 aromatic carbocycles. The molecule has 0 unspecified atom stereocenters. The first-order chi connectivity index (χ1) is 11.1. The van der Waals surface area contributed by atoms with Crippen molar-refractivity contribution in [2.24, 2.45) is 7.05 Å². The fourth-order valence-corrected chi connectivity index (χ4v) is 2.73. The van der Waals surface area contributed by atoms with Gasteiger partial charge in [0.2, 0.25) is 0 Å². The Hall–Kier alpha value is -2.50. The minimum atomic E-state index is -0.157. The number of aromatic nitrogens is 2. The smallest absolute Gasteiger partial charge is 0.254 e. The molecule has 3 rings (SSSR count). The van der Waals surface area contributed by atoms with Gasteiger partial charge in [-0.3, -0.25) is 9.48 Å². The number of ether oxygens (including phenoxy) is 2. The zero-order valence-electron chi connectivity index (χ0n) is 13.6. The molecule has 1 amide bonds. The highest BCUT2D eigenvalue weighted by atomic mass is 16.5. The molecule has 0 saturated heterocycles. The van der Waals surface area contributed by atoms with Crippen molar-refractivity contribution in [2.45, 2.75) is 32.9 Å². The highest BCUT2D eigenvalue weighted by molar-refractivity contribution is 5.93. The third-order valence-corrected chi connectivity index (χ3v) is 3.79. The number of carbonyl (C=O) groups is 1. The lowest BCUT2D eigenvalue weighted by molar-refractivity contribution is 0.0950. The molecule has 6 heteroatoms. The Kier molecular flexibility index (Phi) is 4.23. The summed E-state index contributed by atoms with van der Waals surface area (Å²) in [7, 11) is 1.78. The van der Waals surface area contributed by atoms with Gasteiger partial charge in [-0.1, -0.05) is 0 Å². The third kappa shape index (κ3) is 3.31. The molecule has 0 radical (unpaired) electrons. The van der Waals surface area contributed by atoms with Crippen LogP contribution in [0, 0.1) is 0 Å². The fourth-order valence-electron chi connectivity index (χ4n) is 2.73. The maximum atomic E-state index is 12.1. The number of amides is 1. The van der Waals surface area contributed by atoms with Gasteiger partial charge < -0.3 is 14.8 Å². The molecule has 6 nitrogen and oxygen atoms in total. The molecule has 0 saturated carbocycles. The molecule has 23 heavy (non-hydrogen) atoms. The average Bonchev–Trinajstić information content (AvgIpc) is 3.09. The summed E-state index contributed by atoms with van der Waals surface area (Å²) >= 11 is 0. The summed E-state index contributed by atoms with van der Waals surface area (Å²) in [6.07, 6.45) is 4.30. The van der Waals surface area contributed by atoms with Gasteiger partial charge in [0.1, 0.15) is 17.6 Å². The minimum Gasteiger partial charge on any atom is -0.494 e. The zero-order valence-corrected chi connectivity index (χ0v) is 13.6. The van der Waals surface area contributed by atoms with E-state index in [1.165, 1.54) is 0 Å². The van der Waals surface area contributed by atoms with Crippen molar-refractivity contribution in [1.29, 1.82) is 0 Å². The Morgan fingerprint density at radius 1 is 1.52 bits per heavy atom. The van der Waals surface area contributed by atoms with Crippen molar-refractivity contribution in [1.82, 2.24) is 15.1 Å². The van der Waals surface area contributed by atoms with E-state index in [1.807, 2.05) is 26.0 Å². The van der Waals surface area contributed by atoms with Crippen LogP contribution in [0.5, 0.6) is 11.5 Å². The van der Waals surface area contributed by atoms with Gasteiger partial charge in [0.15, 0.2) is 0 Å². The van der Waals surface area contributed by atoms with Crippen molar-refractivity contribution in [3.8, 4) is 11.5 Å². The van der Waals surface area contributed by atoms with Crippen LogP contribution >= 0.6 is 0 Å². The predicted molar refractivity (Wildman–Crippen MR) is 85.8 cm³/mol. The van der Waals surface area contributed by atoms with Gasteiger partial charge in [-0.25, -0.2) is 0 Å². The third-order valence-electron chi connectivity index (χ3n) is 3.79. The lowest BCUT2D eigenvalue weighted by Gasteiger charge is -2.13. The standard InChI is InChI=1S/C17H21N3O3/c1-4-22-15-6-12-5-11(2)23-16(12)7-13(15)8-18-17(21)14-9-19-20(3)10-14/h6-7,9-11H,4-5,8H2,1-3H3,(H,18,21)/t11-/m0/s1. The topological polar surface area (TPSA) is 65.4 Å². The Balaban J connectivity index is 1.76.